The molecule has 3 nitrogen and oxygen atoms in total. The number of nitrogens with two attached hydrogens (primary N) is 1. The molecule has 1 rings (SSSR count). The van der Waals surface area contributed by atoms with Crippen molar-refractivity contribution in [2.75, 3.05) is 5.73 Å². The van der Waals surface area contributed by atoms with Gasteiger partial charge in [-0.25, -0.2) is 8.78 Å². The topological polar surface area (TPSA) is 48.0 Å². The van der Waals surface area contributed by atoms with Crippen LogP contribution in [-0.2, 0) is 6.54 Å². The van der Waals surface area contributed by atoms with Gasteiger partial charge in [-0.1, -0.05) is 6.92 Å². The lowest BCUT2D eigenvalue weighted by Gasteiger charge is -2.16. The number of nitrogens with zero attached hydrogens (tertiary/aromatic N) is 1. The van der Waals surface area contributed by atoms with Crippen LogP contribution in [0.5, 0.6) is 0 Å². The zero-order valence-corrected chi connectivity index (χ0v) is 8.76. The fourth-order valence-electron chi connectivity index (χ4n) is 1.17. The number of alkyl halides is 2. The van der Waals surface area contributed by atoms with Crippen LogP contribution >= 0.6 is 0 Å². The molecule has 1 aromatic rings. The second-order valence-corrected chi connectivity index (χ2v) is 3.59. The van der Waals surface area contributed by atoms with Gasteiger partial charge >= 0.3 is 0 Å². The normalized spacial score (nSPS) is 11.7. The molecule has 0 fully saturated rings. The van der Waals surface area contributed by atoms with Gasteiger partial charge in [0.1, 0.15) is 0 Å². The Morgan fingerprint density at radius 3 is 2.67 bits per heavy atom. The molecule has 0 amide bonds. The second kappa shape index (κ2) is 4.00. The third-order valence-corrected chi connectivity index (χ3v) is 2.29. The molecule has 0 spiro atoms. The highest BCUT2D eigenvalue weighted by atomic mass is 19.3. The third kappa shape index (κ3) is 2.78. The Kier molecular flexibility index (Phi) is 3.12. The first kappa shape index (κ1) is 11.7. The van der Waals surface area contributed by atoms with Crippen molar-refractivity contribution in [3.05, 3.63) is 28.2 Å². The molecule has 0 unspecified atom stereocenters. The van der Waals surface area contributed by atoms with E-state index in [9.17, 15) is 13.6 Å². The van der Waals surface area contributed by atoms with E-state index in [1.54, 1.807) is 6.92 Å². The van der Waals surface area contributed by atoms with Gasteiger partial charge in [0.2, 0.25) is 0 Å². The van der Waals surface area contributed by atoms with Crippen molar-refractivity contribution >= 4 is 5.69 Å². The quantitative estimate of drug-likeness (QED) is 0.837. The zero-order valence-electron chi connectivity index (χ0n) is 8.76. The van der Waals surface area contributed by atoms with E-state index >= 15 is 0 Å². The second-order valence-electron chi connectivity index (χ2n) is 3.59. The number of hydrogen-bond acceptors (Lipinski definition) is 2. The lowest BCUT2D eigenvalue weighted by Crippen LogP contribution is -2.30. The first-order valence-corrected chi connectivity index (χ1v) is 4.70. The molecule has 5 heteroatoms. The van der Waals surface area contributed by atoms with Gasteiger partial charge in [0, 0.05) is 18.7 Å². The largest absolute Gasteiger partial charge is 0.397 e. The fourth-order valence-corrected chi connectivity index (χ4v) is 1.17. The number of anilines is 1. The van der Waals surface area contributed by atoms with Crippen LogP contribution < -0.4 is 11.3 Å². The van der Waals surface area contributed by atoms with Gasteiger partial charge in [-0.15, -0.1) is 0 Å². The smallest absolute Gasteiger partial charge is 0.265 e. The minimum atomic E-state index is -2.87. The Morgan fingerprint density at radius 2 is 2.13 bits per heavy atom. The Hall–Kier alpha value is -1.39. The van der Waals surface area contributed by atoms with Crippen molar-refractivity contribution in [1.82, 2.24) is 4.57 Å². The van der Waals surface area contributed by atoms with E-state index in [0.717, 1.165) is 4.57 Å². The molecule has 0 aliphatic heterocycles. The third-order valence-electron chi connectivity index (χ3n) is 2.29. The first-order chi connectivity index (χ1) is 6.85. The van der Waals surface area contributed by atoms with Crippen LogP contribution in [0.1, 0.15) is 18.9 Å². The first-order valence-electron chi connectivity index (χ1n) is 4.70. The van der Waals surface area contributed by atoms with Crippen LogP contribution in [0.15, 0.2) is 17.1 Å². The summed E-state index contributed by atoms with van der Waals surface area (Å²) in [6.07, 6.45) is 0.967. The average Bonchev–Trinajstić information content (AvgIpc) is 2.14. The van der Waals surface area contributed by atoms with Gasteiger partial charge in [-0.3, -0.25) is 4.79 Å². The van der Waals surface area contributed by atoms with Crippen LogP contribution in [0.4, 0.5) is 14.5 Å². The summed E-state index contributed by atoms with van der Waals surface area (Å²) in [6, 6.07) is 1.26. The number of aryl methyl sites for hydroxylation is 1. The number of aromatic nitrogens is 1. The predicted octanol–water partition coefficient (Wildman–Crippen LogP) is 1.78. The van der Waals surface area contributed by atoms with Gasteiger partial charge in [0.25, 0.3) is 11.5 Å². The zero-order chi connectivity index (χ0) is 11.6. The van der Waals surface area contributed by atoms with Gasteiger partial charge < -0.3 is 10.3 Å². The average molecular weight is 216 g/mol. The molecule has 1 aromatic heterocycles. The van der Waals surface area contributed by atoms with Gasteiger partial charge in [-0.05, 0) is 12.5 Å². The Bertz CT molecular complexity index is 412. The van der Waals surface area contributed by atoms with Crippen LogP contribution in [0.25, 0.3) is 0 Å². The van der Waals surface area contributed by atoms with Crippen molar-refractivity contribution in [3.63, 3.8) is 0 Å². The van der Waals surface area contributed by atoms with Crippen LogP contribution in [-0.4, -0.2) is 10.5 Å². The maximum atomic E-state index is 13.1. The molecule has 2 N–H and O–H groups in total. The van der Waals surface area contributed by atoms with Crippen molar-refractivity contribution in [2.45, 2.75) is 32.7 Å². The molecular formula is C10H14F2N2O. The van der Waals surface area contributed by atoms with E-state index in [2.05, 4.69) is 0 Å². The number of halogens is 2. The van der Waals surface area contributed by atoms with Crippen molar-refractivity contribution in [1.29, 1.82) is 0 Å². The summed E-state index contributed by atoms with van der Waals surface area (Å²) in [5.41, 5.74) is 6.05. The van der Waals surface area contributed by atoms with E-state index in [0.29, 0.717) is 11.3 Å². The Morgan fingerprint density at radius 1 is 1.53 bits per heavy atom. The molecule has 0 bridgehead atoms. The highest BCUT2D eigenvalue weighted by molar-refractivity contribution is 5.42. The van der Waals surface area contributed by atoms with Gasteiger partial charge in [-0.2, -0.15) is 0 Å². The summed E-state index contributed by atoms with van der Waals surface area (Å²) < 4.78 is 27.1. The molecule has 1 heterocycles. The number of nitrogen functional groups attached to an aromatic ring is 1. The molecule has 0 radical (unpaired) electrons. The van der Waals surface area contributed by atoms with Crippen LogP contribution in [0.2, 0.25) is 0 Å². The van der Waals surface area contributed by atoms with E-state index < -0.39 is 18.0 Å². The van der Waals surface area contributed by atoms with Crippen LogP contribution in [0.3, 0.4) is 0 Å². The number of rotatable bonds is 3. The van der Waals surface area contributed by atoms with E-state index in [-0.39, 0.29) is 6.42 Å². The molecule has 84 valence electrons. The summed E-state index contributed by atoms with van der Waals surface area (Å²) in [7, 11) is 0. The van der Waals surface area contributed by atoms with E-state index in [1.807, 2.05) is 0 Å². The van der Waals surface area contributed by atoms with Gasteiger partial charge in [0.15, 0.2) is 0 Å². The SMILES string of the molecule is CCC(F)(F)Cn1cc(N)c(C)cc1=O. The van der Waals surface area contributed by atoms with Crippen molar-refractivity contribution in [2.24, 2.45) is 0 Å². The molecule has 15 heavy (non-hydrogen) atoms. The molecule has 0 saturated heterocycles. The van der Waals surface area contributed by atoms with Gasteiger partial charge in [0.05, 0.1) is 12.2 Å². The molecular weight excluding hydrogens is 202 g/mol. The summed E-state index contributed by atoms with van der Waals surface area (Å²) in [6.45, 7) is 2.43. The maximum Gasteiger partial charge on any atom is 0.265 e. The summed E-state index contributed by atoms with van der Waals surface area (Å²) >= 11 is 0. The number of pyridine rings is 1. The Balaban J connectivity index is 3.06. The Labute approximate surface area is 86.5 Å². The minimum Gasteiger partial charge on any atom is -0.397 e. The fraction of sp³-hybridized carbons (Fsp3) is 0.500. The summed E-state index contributed by atoms with van der Waals surface area (Å²) in [5.74, 6) is -2.87. The summed E-state index contributed by atoms with van der Waals surface area (Å²) in [5, 5.41) is 0. The summed E-state index contributed by atoms with van der Waals surface area (Å²) in [4.78, 5) is 11.4. The molecule has 0 saturated carbocycles. The van der Waals surface area contributed by atoms with Crippen LogP contribution in [0, 0.1) is 6.92 Å². The monoisotopic (exact) mass is 216 g/mol. The van der Waals surface area contributed by atoms with E-state index in [1.165, 1.54) is 19.2 Å². The number of hydrogen-bond donors (Lipinski definition) is 1. The molecule has 0 atom stereocenters. The molecule has 0 aliphatic carbocycles. The maximum absolute atomic E-state index is 13.1. The van der Waals surface area contributed by atoms with Crippen molar-refractivity contribution < 1.29 is 8.78 Å². The molecule has 0 aliphatic rings. The highest BCUT2D eigenvalue weighted by Gasteiger charge is 2.27. The lowest BCUT2D eigenvalue weighted by atomic mass is 10.2. The lowest BCUT2D eigenvalue weighted by molar-refractivity contribution is -0.0206. The molecule has 0 aromatic carbocycles. The predicted molar refractivity (Wildman–Crippen MR) is 55.1 cm³/mol. The van der Waals surface area contributed by atoms with E-state index in [4.69, 9.17) is 5.73 Å². The van der Waals surface area contributed by atoms with Crippen molar-refractivity contribution in [3.8, 4) is 0 Å². The standard InChI is InChI=1S/C10H14F2N2O/c1-3-10(11,12)6-14-5-8(13)7(2)4-9(14)15/h4-5H,3,6,13H2,1-2H3. The minimum absolute atomic E-state index is 0.298. The highest BCUT2D eigenvalue weighted by Crippen LogP contribution is 2.20.